The predicted molar refractivity (Wildman–Crippen MR) is 110 cm³/mol. The van der Waals surface area contributed by atoms with Crippen molar-refractivity contribution in [3.63, 3.8) is 0 Å². The summed E-state index contributed by atoms with van der Waals surface area (Å²) >= 11 is 0. The molecule has 2 aliphatic rings. The minimum absolute atomic E-state index is 0.00445. The summed E-state index contributed by atoms with van der Waals surface area (Å²) in [4.78, 5) is 42.0. The van der Waals surface area contributed by atoms with Gasteiger partial charge in [0.05, 0.1) is 0 Å². The van der Waals surface area contributed by atoms with E-state index in [2.05, 4.69) is 5.32 Å². The van der Waals surface area contributed by atoms with Gasteiger partial charge in [0.2, 0.25) is 5.91 Å². The van der Waals surface area contributed by atoms with Gasteiger partial charge in [-0.3, -0.25) is 14.5 Å². The smallest absolute Gasteiger partial charge is 0.319 e. The first kappa shape index (κ1) is 19.2. The Morgan fingerprint density at radius 3 is 2.52 bits per heavy atom. The van der Waals surface area contributed by atoms with Gasteiger partial charge in [0, 0.05) is 11.7 Å². The molecule has 2 heterocycles. The molecule has 2 aliphatic heterocycles. The van der Waals surface area contributed by atoms with Crippen molar-refractivity contribution in [3.05, 3.63) is 65.7 Å². The fraction of sp³-hybridized carbons (Fsp3) is 0.348. The van der Waals surface area contributed by atoms with Crippen LogP contribution in [0.2, 0.25) is 0 Å². The van der Waals surface area contributed by atoms with Crippen LogP contribution in [0.5, 0.6) is 0 Å². The summed E-state index contributed by atoms with van der Waals surface area (Å²) in [5.41, 5.74) is 1.60. The number of para-hydroxylation sites is 1. The van der Waals surface area contributed by atoms with Gasteiger partial charge in [0.1, 0.15) is 12.1 Å². The molecule has 2 aromatic rings. The second kappa shape index (κ2) is 7.35. The third-order valence-corrected chi connectivity index (χ3v) is 5.84. The minimum Gasteiger partial charge on any atom is -0.319 e. The zero-order valence-electron chi connectivity index (χ0n) is 16.7. The van der Waals surface area contributed by atoms with Crippen molar-refractivity contribution in [2.75, 3.05) is 11.4 Å². The fourth-order valence-electron chi connectivity index (χ4n) is 4.53. The monoisotopic (exact) mass is 391 g/mol. The van der Waals surface area contributed by atoms with Crippen molar-refractivity contribution in [1.29, 1.82) is 0 Å². The number of carbonyl (C=O) groups is 3. The standard InChI is InChI=1S/C23H25N3O3/c1-3-13-23(18-10-5-4-6-11-18)21(28)25(22(29)24-23)15-20(27)26-16(2)14-17-9-7-8-12-19(17)26/h4-12,16H,3,13-15H2,1-2H3,(H,24,29)/t16-,23+/m1/s1. The average Bonchev–Trinajstić information content (AvgIpc) is 3.18. The van der Waals surface area contributed by atoms with E-state index < -0.39 is 11.6 Å². The highest BCUT2D eigenvalue weighted by atomic mass is 16.2. The quantitative estimate of drug-likeness (QED) is 0.796. The number of nitrogens with one attached hydrogen (secondary N) is 1. The molecule has 2 aromatic carbocycles. The van der Waals surface area contributed by atoms with E-state index in [0.717, 1.165) is 34.6 Å². The summed E-state index contributed by atoms with van der Waals surface area (Å²) in [6.07, 6.45) is 1.97. The third-order valence-electron chi connectivity index (χ3n) is 5.84. The van der Waals surface area contributed by atoms with Crippen LogP contribution < -0.4 is 10.2 Å². The lowest BCUT2D eigenvalue weighted by Crippen LogP contribution is -2.47. The number of urea groups is 1. The predicted octanol–water partition coefficient (Wildman–Crippen LogP) is 3.21. The Balaban J connectivity index is 1.61. The van der Waals surface area contributed by atoms with Crippen molar-refractivity contribution < 1.29 is 14.4 Å². The number of fused-ring (bicyclic) bond motifs is 1. The number of amides is 4. The molecule has 0 aliphatic carbocycles. The SMILES string of the molecule is CCC[C@@]1(c2ccccc2)NC(=O)N(CC(=O)N2c3ccccc3C[C@H]2C)C1=O. The van der Waals surface area contributed by atoms with Crippen molar-refractivity contribution in [2.24, 2.45) is 0 Å². The molecule has 0 radical (unpaired) electrons. The van der Waals surface area contributed by atoms with Crippen LogP contribution in [0.3, 0.4) is 0 Å². The molecule has 0 spiro atoms. The van der Waals surface area contributed by atoms with E-state index in [1.807, 2.05) is 68.4 Å². The van der Waals surface area contributed by atoms with E-state index in [1.165, 1.54) is 0 Å². The van der Waals surface area contributed by atoms with E-state index in [1.54, 1.807) is 4.90 Å². The zero-order chi connectivity index (χ0) is 20.6. The van der Waals surface area contributed by atoms with Crippen LogP contribution in [0.1, 0.15) is 37.8 Å². The van der Waals surface area contributed by atoms with Crippen molar-refractivity contribution in [2.45, 2.75) is 44.7 Å². The number of hydrogen-bond donors (Lipinski definition) is 1. The fourth-order valence-corrected chi connectivity index (χ4v) is 4.53. The molecule has 1 fully saturated rings. The van der Waals surface area contributed by atoms with Gasteiger partial charge >= 0.3 is 6.03 Å². The van der Waals surface area contributed by atoms with Gasteiger partial charge in [0.15, 0.2) is 0 Å². The minimum atomic E-state index is -1.11. The number of rotatable bonds is 5. The topological polar surface area (TPSA) is 69.7 Å². The Bertz CT molecular complexity index is 959. The molecule has 6 nitrogen and oxygen atoms in total. The molecule has 0 aromatic heterocycles. The van der Waals surface area contributed by atoms with Crippen LogP contribution in [0.4, 0.5) is 10.5 Å². The number of anilines is 1. The van der Waals surface area contributed by atoms with E-state index in [0.29, 0.717) is 6.42 Å². The molecular weight excluding hydrogens is 366 g/mol. The third kappa shape index (κ3) is 3.09. The van der Waals surface area contributed by atoms with Gasteiger partial charge in [-0.15, -0.1) is 0 Å². The molecule has 2 atom stereocenters. The average molecular weight is 391 g/mol. The molecule has 150 valence electrons. The Morgan fingerprint density at radius 2 is 1.79 bits per heavy atom. The maximum absolute atomic E-state index is 13.4. The van der Waals surface area contributed by atoms with E-state index in [9.17, 15) is 14.4 Å². The summed E-state index contributed by atoms with van der Waals surface area (Å²) < 4.78 is 0. The van der Waals surface area contributed by atoms with Gasteiger partial charge < -0.3 is 10.2 Å². The lowest BCUT2D eigenvalue weighted by Gasteiger charge is -2.28. The highest BCUT2D eigenvalue weighted by molar-refractivity contribution is 6.11. The van der Waals surface area contributed by atoms with Crippen LogP contribution >= 0.6 is 0 Å². The number of imide groups is 1. The molecule has 1 saturated heterocycles. The van der Waals surface area contributed by atoms with E-state index >= 15 is 0 Å². The molecule has 1 N–H and O–H groups in total. The Hall–Kier alpha value is -3.15. The maximum Gasteiger partial charge on any atom is 0.325 e. The number of benzene rings is 2. The molecule has 29 heavy (non-hydrogen) atoms. The normalized spacial score (nSPS) is 23.3. The van der Waals surface area contributed by atoms with Gasteiger partial charge in [0.25, 0.3) is 5.91 Å². The second-order valence-corrected chi connectivity index (χ2v) is 7.79. The molecule has 0 bridgehead atoms. The Morgan fingerprint density at radius 1 is 1.10 bits per heavy atom. The molecule has 4 rings (SSSR count). The molecule has 6 heteroatoms. The van der Waals surface area contributed by atoms with Crippen LogP contribution in [-0.2, 0) is 21.5 Å². The van der Waals surface area contributed by atoms with Crippen molar-refractivity contribution >= 4 is 23.5 Å². The largest absolute Gasteiger partial charge is 0.325 e. The first-order valence-electron chi connectivity index (χ1n) is 10.1. The highest BCUT2D eigenvalue weighted by Crippen LogP contribution is 2.35. The summed E-state index contributed by atoms with van der Waals surface area (Å²) in [7, 11) is 0. The molecular formula is C23H25N3O3. The zero-order valence-corrected chi connectivity index (χ0v) is 16.7. The van der Waals surface area contributed by atoms with Crippen molar-refractivity contribution in [1.82, 2.24) is 10.2 Å². The second-order valence-electron chi connectivity index (χ2n) is 7.79. The highest BCUT2D eigenvalue weighted by Gasteiger charge is 2.52. The van der Waals surface area contributed by atoms with Gasteiger partial charge in [-0.1, -0.05) is 61.9 Å². The summed E-state index contributed by atoms with van der Waals surface area (Å²) in [5.74, 6) is -0.602. The summed E-state index contributed by atoms with van der Waals surface area (Å²) in [6, 6.07) is 16.5. The maximum atomic E-state index is 13.4. The molecule has 0 saturated carbocycles. The van der Waals surface area contributed by atoms with E-state index in [-0.39, 0.29) is 24.4 Å². The Kier molecular flexibility index (Phi) is 4.86. The lowest BCUT2D eigenvalue weighted by atomic mass is 9.85. The number of carbonyl (C=O) groups excluding carboxylic acids is 3. The van der Waals surface area contributed by atoms with Gasteiger partial charge in [-0.05, 0) is 37.0 Å². The Labute approximate surface area is 170 Å². The van der Waals surface area contributed by atoms with Gasteiger partial charge in [-0.25, -0.2) is 4.79 Å². The van der Waals surface area contributed by atoms with Crippen molar-refractivity contribution in [3.8, 4) is 0 Å². The van der Waals surface area contributed by atoms with Crippen LogP contribution in [-0.4, -0.2) is 35.3 Å². The molecule has 4 amide bonds. The first-order chi connectivity index (χ1) is 14.0. The van der Waals surface area contributed by atoms with E-state index in [4.69, 9.17) is 0 Å². The van der Waals surface area contributed by atoms with Crippen LogP contribution in [0.25, 0.3) is 0 Å². The number of hydrogen-bond acceptors (Lipinski definition) is 3. The summed E-state index contributed by atoms with van der Waals surface area (Å²) in [5, 5.41) is 2.88. The number of nitrogens with zero attached hydrogens (tertiary/aromatic N) is 2. The van der Waals surface area contributed by atoms with Gasteiger partial charge in [-0.2, -0.15) is 0 Å². The first-order valence-corrected chi connectivity index (χ1v) is 10.1. The summed E-state index contributed by atoms with van der Waals surface area (Å²) in [6.45, 7) is 3.69. The lowest BCUT2D eigenvalue weighted by molar-refractivity contribution is -0.135. The van der Waals surface area contributed by atoms with Crippen LogP contribution in [0, 0.1) is 0 Å². The van der Waals surface area contributed by atoms with Crippen LogP contribution in [0.15, 0.2) is 54.6 Å². The molecule has 0 unspecified atom stereocenters.